The molecule has 0 heterocycles. The number of nitro benzene ring substituents is 1. The molecule has 112 valence electrons. The topological polar surface area (TPSA) is 89.8 Å². The Morgan fingerprint density at radius 3 is 2.14 bits per heavy atom. The first kappa shape index (κ1) is 15.2. The first-order valence-corrected chi connectivity index (χ1v) is 6.31. The number of anilines is 1. The van der Waals surface area contributed by atoms with Crippen molar-refractivity contribution >= 4 is 23.3 Å². The zero-order chi connectivity index (χ0) is 16.1. The molecule has 0 aliphatic carbocycles. The summed E-state index contributed by atoms with van der Waals surface area (Å²) in [6, 6.07) is 13.4. The second kappa shape index (κ2) is 6.49. The van der Waals surface area contributed by atoms with Crippen LogP contribution in [-0.2, 0) is 9.63 Å². The lowest BCUT2D eigenvalue weighted by Crippen LogP contribution is -2.32. The molecule has 1 amide bonds. The lowest BCUT2D eigenvalue weighted by atomic mass is 10.2. The molecule has 2 rings (SSSR count). The molecular formula is C15H12N2O5. The van der Waals surface area contributed by atoms with Crippen molar-refractivity contribution < 1.29 is 19.3 Å². The summed E-state index contributed by atoms with van der Waals surface area (Å²) in [4.78, 5) is 38.6. The summed E-state index contributed by atoms with van der Waals surface area (Å²) in [6.45, 7) is 1.18. The van der Waals surface area contributed by atoms with Gasteiger partial charge >= 0.3 is 5.97 Å². The molecule has 0 saturated carbocycles. The predicted octanol–water partition coefficient (Wildman–Crippen LogP) is 2.72. The summed E-state index contributed by atoms with van der Waals surface area (Å²) in [7, 11) is 0. The van der Waals surface area contributed by atoms with Gasteiger partial charge in [0.1, 0.15) is 0 Å². The van der Waals surface area contributed by atoms with Gasteiger partial charge in [-0.05, 0) is 24.3 Å². The number of hydrogen-bond donors (Lipinski definition) is 0. The Labute approximate surface area is 125 Å². The average molecular weight is 300 g/mol. The van der Waals surface area contributed by atoms with E-state index in [4.69, 9.17) is 4.84 Å². The van der Waals surface area contributed by atoms with E-state index in [0.717, 1.165) is 5.06 Å². The monoisotopic (exact) mass is 300 g/mol. The van der Waals surface area contributed by atoms with E-state index in [1.54, 1.807) is 30.3 Å². The zero-order valence-corrected chi connectivity index (χ0v) is 11.6. The number of para-hydroxylation sites is 1. The number of carbonyl (C=O) groups is 2. The highest BCUT2D eigenvalue weighted by Gasteiger charge is 2.21. The minimum atomic E-state index is -0.654. The van der Waals surface area contributed by atoms with Gasteiger partial charge in [0, 0.05) is 24.6 Å². The number of amides is 1. The van der Waals surface area contributed by atoms with Gasteiger partial charge < -0.3 is 4.84 Å². The quantitative estimate of drug-likeness (QED) is 0.642. The van der Waals surface area contributed by atoms with Crippen LogP contribution in [0.1, 0.15) is 17.3 Å². The van der Waals surface area contributed by atoms with Gasteiger partial charge in [-0.1, -0.05) is 18.2 Å². The van der Waals surface area contributed by atoms with Crippen molar-refractivity contribution in [1.82, 2.24) is 0 Å². The zero-order valence-electron chi connectivity index (χ0n) is 11.6. The molecule has 0 N–H and O–H groups in total. The Balaban J connectivity index is 2.33. The summed E-state index contributed by atoms with van der Waals surface area (Å²) in [5.41, 5.74) is 0.409. The maximum atomic E-state index is 12.4. The molecule has 0 aliphatic heterocycles. The Morgan fingerprint density at radius 1 is 1.05 bits per heavy atom. The van der Waals surface area contributed by atoms with Gasteiger partial charge in [0.05, 0.1) is 10.6 Å². The number of nitro groups is 1. The van der Waals surface area contributed by atoms with Crippen molar-refractivity contribution in [3.63, 3.8) is 0 Å². The number of nitrogens with zero attached hydrogens (tertiary/aromatic N) is 2. The van der Waals surface area contributed by atoms with Crippen LogP contribution in [0.4, 0.5) is 11.4 Å². The molecular weight excluding hydrogens is 288 g/mol. The Kier molecular flexibility index (Phi) is 4.47. The number of benzene rings is 2. The molecule has 0 fully saturated rings. The van der Waals surface area contributed by atoms with E-state index < -0.39 is 16.8 Å². The lowest BCUT2D eigenvalue weighted by Gasteiger charge is -2.20. The molecule has 7 heteroatoms. The number of carbonyl (C=O) groups excluding carboxylic acids is 2. The van der Waals surface area contributed by atoms with Gasteiger partial charge in [-0.3, -0.25) is 14.9 Å². The van der Waals surface area contributed by atoms with Crippen molar-refractivity contribution in [2.45, 2.75) is 6.92 Å². The molecule has 0 unspecified atom stereocenters. The normalized spacial score (nSPS) is 9.86. The van der Waals surface area contributed by atoms with E-state index in [2.05, 4.69) is 0 Å². The van der Waals surface area contributed by atoms with Crippen LogP contribution in [0.5, 0.6) is 0 Å². The largest absolute Gasteiger partial charge is 0.333 e. The third kappa shape index (κ3) is 3.45. The van der Waals surface area contributed by atoms with Crippen LogP contribution in [0.2, 0.25) is 0 Å². The van der Waals surface area contributed by atoms with Crippen LogP contribution in [0.3, 0.4) is 0 Å². The molecule has 0 atom stereocenters. The van der Waals surface area contributed by atoms with Crippen molar-refractivity contribution in [3.05, 3.63) is 70.3 Å². The minimum absolute atomic E-state index is 0.129. The van der Waals surface area contributed by atoms with Gasteiger partial charge in [0.25, 0.3) is 11.6 Å². The second-order valence-electron chi connectivity index (χ2n) is 4.32. The third-order valence-corrected chi connectivity index (χ3v) is 2.72. The summed E-state index contributed by atoms with van der Waals surface area (Å²) in [5, 5.41) is 11.5. The van der Waals surface area contributed by atoms with E-state index in [1.165, 1.54) is 31.2 Å². The number of rotatable bonds is 3. The fraction of sp³-hybridized carbons (Fsp3) is 0.0667. The first-order valence-electron chi connectivity index (χ1n) is 6.31. The number of hydrogen-bond acceptors (Lipinski definition) is 5. The lowest BCUT2D eigenvalue weighted by molar-refractivity contribution is -0.384. The van der Waals surface area contributed by atoms with Gasteiger partial charge in [0.2, 0.25) is 0 Å². The highest BCUT2D eigenvalue weighted by Crippen LogP contribution is 2.19. The van der Waals surface area contributed by atoms with Crippen LogP contribution in [-0.4, -0.2) is 16.8 Å². The molecule has 0 aliphatic rings. The minimum Gasteiger partial charge on any atom is -0.333 e. The van der Waals surface area contributed by atoms with E-state index >= 15 is 0 Å². The van der Waals surface area contributed by atoms with Crippen molar-refractivity contribution in [2.75, 3.05) is 5.06 Å². The molecule has 0 spiro atoms. The van der Waals surface area contributed by atoms with Crippen molar-refractivity contribution in [1.29, 1.82) is 0 Å². The molecule has 2 aromatic rings. The Hall–Kier alpha value is -3.22. The first-order chi connectivity index (χ1) is 10.5. The maximum Gasteiger partial charge on any atom is 0.330 e. The summed E-state index contributed by atoms with van der Waals surface area (Å²) < 4.78 is 0. The van der Waals surface area contributed by atoms with E-state index in [9.17, 15) is 19.7 Å². The van der Waals surface area contributed by atoms with Crippen molar-refractivity contribution in [3.8, 4) is 0 Å². The fourth-order valence-corrected chi connectivity index (χ4v) is 1.75. The van der Waals surface area contributed by atoms with E-state index in [0.29, 0.717) is 5.69 Å². The van der Waals surface area contributed by atoms with Crippen LogP contribution in [0.15, 0.2) is 54.6 Å². The van der Waals surface area contributed by atoms with Crippen LogP contribution in [0, 0.1) is 10.1 Å². The second-order valence-corrected chi connectivity index (χ2v) is 4.32. The summed E-state index contributed by atoms with van der Waals surface area (Å²) in [5.74, 6) is -1.25. The Morgan fingerprint density at radius 2 is 1.64 bits per heavy atom. The molecule has 0 aromatic heterocycles. The van der Waals surface area contributed by atoms with Gasteiger partial charge in [-0.25, -0.2) is 4.79 Å². The molecule has 22 heavy (non-hydrogen) atoms. The Bertz CT molecular complexity index is 698. The third-order valence-electron chi connectivity index (χ3n) is 2.72. The van der Waals surface area contributed by atoms with Gasteiger partial charge in [-0.15, -0.1) is 5.06 Å². The predicted molar refractivity (Wildman–Crippen MR) is 78.1 cm³/mol. The highest BCUT2D eigenvalue weighted by atomic mass is 16.7. The summed E-state index contributed by atoms with van der Waals surface area (Å²) in [6.07, 6.45) is 0. The molecule has 0 saturated heterocycles. The van der Waals surface area contributed by atoms with Crippen LogP contribution < -0.4 is 5.06 Å². The molecule has 0 radical (unpaired) electrons. The fourth-order valence-electron chi connectivity index (χ4n) is 1.75. The van der Waals surface area contributed by atoms with E-state index in [-0.39, 0.29) is 11.3 Å². The standard InChI is InChI=1S/C15H12N2O5/c1-11(18)22-16(13-5-3-2-4-6-13)15(19)12-7-9-14(10-8-12)17(20)21/h2-10H,1H3. The summed E-state index contributed by atoms with van der Waals surface area (Å²) >= 11 is 0. The van der Waals surface area contributed by atoms with E-state index in [1.807, 2.05) is 0 Å². The van der Waals surface area contributed by atoms with Crippen LogP contribution >= 0.6 is 0 Å². The maximum absolute atomic E-state index is 12.4. The van der Waals surface area contributed by atoms with Gasteiger partial charge in [-0.2, -0.15) is 0 Å². The SMILES string of the molecule is CC(=O)ON(C(=O)c1ccc([N+](=O)[O-])cc1)c1ccccc1. The van der Waals surface area contributed by atoms with Gasteiger partial charge in [0.15, 0.2) is 0 Å². The number of hydroxylamine groups is 1. The van der Waals surface area contributed by atoms with Crippen molar-refractivity contribution in [2.24, 2.45) is 0 Å². The molecule has 2 aromatic carbocycles. The van der Waals surface area contributed by atoms with Crippen LogP contribution in [0.25, 0.3) is 0 Å². The molecule has 0 bridgehead atoms. The average Bonchev–Trinajstić information content (AvgIpc) is 2.52. The number of non-ortho nitro benzene ring substituents is 1. The smallest absolute Gasteiger partial charge is 0.330 e. The molecule has 7 nitrogen and oxygen atoms in total. The highest BCUT2D eigenvalue weighted by molar-refractivity contribution is 6.05.